The molecular weight excluding hydrogens is 713 g/mol. The molecular formula is C50H96O7. The van der Waals surface area contributed by atoms with Gasteiger partial charge in [0, 0.05) is 0 Å². The summed E-state index contributed by atoms with van der Waals surface area (Å²) in [7, 11) is 0. The molecule has 338 valence electrons. The van der Waals surface area contributed by atoms with Gasteiger partial charge in [-0.05, 0) is 12.8 Å². The lowest BCUT2D eigenvalue weighted by Crippen LogP contribution is -2.44. The maximum Gasteiger partial charge on any atom is 0.339 e. The van der Waals surface area contributed by atoms with Crippen molar-refractivity contribution in [2.45, 2.75) is 289 Å². The van der Waals surface area contributed by atoms with E-state index in [1.54, 1.807) is 0 Å². The van der Waals surface area contributed by atoms with Crippen LogP contribution in [0.4, 0.5) is 0 Å². The largest absolute Gasteiger partial charge is 0.481 e. The van der Waals surface area contributed by atoms with E-state index in [1.165, 1.54) is 212 Å². The minimum Gasteiger partial charge on any atom is -0.481 e. The predicted octanol–water partition coefficient (Wildman–Crippen LogP) is 15.3. The Balaban J connectivity index is 3.72. The molecule has 7 nitrogen and oxygen atoms in total. The van der Waals surface area contributed by atoms with E-state index in [2.05, 4.69) is 13.8 Å². The number of ether oxygens (including phenoxy) is 2. The summed E-state index contributed by atoms with van der Waals surface area (Å²) in [5, 5.41) is 20.1. The molecule has 0 heterocycles. The highest BCUT2D eigenvalue weighted by Crippen LogP contribution is 2.21. The molecule has 1 unspecified atom stereocenters. The topological polar surface area (TPSA) is 110 Å². The van der Waals surface area contributed by atoms with Crippen molar-refractivity contribution in [1.82, 2.24) is 0 Å². The van der Waals surface area contributed by atoms with E-state index in [-0.39, 0.29) is 13.2 Å². The minimum absolute atomic E-state index is 0.105. The average molecular weight is 809 g/mol. The standard InChI is InChI=1S/C50H96O7/c1-3-5-7-9-11-13-15-17-19-21-23-25-27-29-31-33-35-37-39-41-43-56-48(53)46-50(55,45-47(51)52)49(54)57-44-42-40-38-36-34-32-30-28-26-24-22-20-18-16-14-12-10-8-6-4-2/h55H,3-46H2,1-2H3,(H,51,52). The summed E-state index contributed by atoms with van der Waals surface area (Å²) >= 11 is 0. The summed E-state index contributed by atoms with van der Waals surface area (Å²) in [5.41, 5.74) is -2.41. The zero-order valence-electron chi connectivity index (χ0n) is 38.0. The van der Waals surface area contributed by atoms with E-state index in [9.17, 15) is 24.6 Å². The monoisotopic (exact) mass is 809 g/mol. The SMILES string of the molecule is CCCCCCCCCCCCCCCCCCCCCCOC(=O)CC(O)(CC(=O)O)C(=O)OCCCCCCCCCCCCCCCCCCCCCC. The molecule has 0 aliphatic carbocycles. The van der Waals surface area contributed by atoms with Crippen molar-refractivity contribution >= 4 is 17.9 Å². The molecule has 0 saturated carbocycles. The van der Waals surface area contributed by atoms with Crippen molar-refractivity contribution < 1.29 is 34.1 Å². The van der Waals surface area contributed by atoms with Crippen LogP contribution < -0.4 is 0 Å². The molecule has 1 atom stereocenters. The number of aliphatic carboxylic acids is 1. The molecule has 57 heavy (non-hydrogen) atoms. The highest BCUT2D eigenvalue weighted by Gasteiger charge is 2.43. The summed E-state index contributed by atoms with van der Waals surface area (Å²) in [5.74, 6) is -3.19. The number of carboxylic acid groups (broad SMARTS) is 1. The van der Waals surface area contributed by atoms with E-state index in [0.29, 0.717) is 12.8 Å². The molecule has 0 fully saturated rings. The molecule has 0 saturated heterocycles. The van der Waals surface area contributed by atoms with Gasteiger partial charge in [0.15, 0.2) is 5.60 Å². The molecule has 0 amide bonds. The van der Waals surface area contributed by atoms with Gasteiger partial charge in [-0.15, -0.1) is 0 Å². The third-order valence-electron chi connectivity index (χ3n) is 11.8. The second kappa shape index (κ2) is 43.9. The highest BCUT2D eigenvalue weighted by molar-refractivity contribution is 5.89. The molecule has 7 heteroatoms. The number of carboxylic acids is 1. The Bertz CT molecular complexity index is 877. The van der Waals surface area contributed by atoms with Crippen LogP contribution in [-0.2, 0) is 23.9 Å². The van der Waals surface area contributed by atoms with Crippen LogP contribution >= 0.6 is 0 Å². The van der Waals surface area contributed by atoms with Crippen molar-refractivity contribution in [3.8, 4) is 0 Å². The quantitative estimate of drug-likeness (QED) is 0.0465. The number of esters is 2. The fraction of sp³-hybridized carbons (Fsp3) is 0.940. The molecule has 0 spiro atoms. The van der Waals surface area contributed by atoms with Gasteiger partial charge in [0.1, 0.15) is 0 Å². The third kappa shape index (κ3) is 40.9. The molecule has 2 N–H and O–H groups in total. The van der Waals surface area contributed by atoms with Gasteiger partial charge in [-0.25, -0.2) is 4.79 Å². The predicted molar refractivity (Wildman–Crippen MR) is 240 cm³/mol. The summed E-state index contributed by atoms with van der Waals surface area (Å²) in [6.07, 6.45) is 49.9. The maximum absolute atomic E-state index is 12.7. The van der Waals surface area contributed by atoms with E-state index in [0.717, 1.165) is 32.1 Å². The van der Waals surface area contributed by atoms with Gasteiger partial charge < -0.3 is 19.7 Å². The van der Waals surface area contributed by atoms with Crippen molar-refractivity contribution in [3.05, 3.63) is 0 Å². The zero-order chi connectivity index (χ0) is 41.8. The summed E-state index contributed by atoms with van der Waals surface area (Å²) in [4.78, 5) is 36.5. The van der Waals surface area contributed by atoms with Gasteiger partial charge in [0.05, 0.1) is 26.1 Å². The number of hydrogen-bond acceptors (Lipinski definition) is 6. The van der Waals surface area contributed by atoms with Crippen molar-refractivity contribution in [3.63, 3.8) is 0 Å². The van der Waals surface area contributed by atoms with Crippen molar-refractivity contribution in [2.75, 3.05) is 13.2 Å². The summed E-state index contributed by atoms with van der Waals surface area (Å²) in [6.45, 7) is 4.86. The smallest absolute Gasteiger partial charge is 0.339 e. The first-order valence-corrected chi connectivity index (χ1v) is 25.1. The van der Waals surface area contributed by atoms with E-state index >= 15 is 0 Å². The first-order valence-electron chi connectivity index (χ1n) is 25.1. The summed E-state index contributed by atoms with van der Waals surface area (Å²) < 4.78 is 10.5. The Labute approximate surface area is 353 Å². The Morgan fingerprint density at radius 3 is 0.825 bits per heavy atom. The number of unbranched alkanes of at least 4 members (excludes halogenated alkanes) is 38. The lowest BCUT2D eigenvalue weighted by Gasteiger charge is -2.23. The molecule has 0 rings (SSSR count). The van der Waals surface area contributed by atoms with E-state index in [4.69, 9.17) is 9.47 Å². The molecule has 0 aromatic carbocycles. The number of rotatable bonds is 47. The van der Waals surface area contributed by atoms with Gasteiger partial charge in [0.2, 0.25) is 0 Å². The first kappa shape index (κ1) is 55.4. The zero-order valence-corrected chi connectivity index (χ0v) is 38.0. The van der Waals surface area contributed by atoms with Gasteiger partial charge in [0.25, 0.3) is 0 Å². The van der Waals surface area contributed by atoms with E-state index in [1.807, 2.05) is 0 Å². The molecule has 0 aromatic heterocycles. The number of carbonyl (C=O) groups is 3. The van der Waals surface area contributed by atoms with Gasteiger partial charge in [-0.2, -0.15) is 0 Å². The van der Waals surface area contributed by atoms with Crippen LogP contribution in [0.2, 0.25) is 0 Å². The summed E-state index contributed by atoms with van der Waals surface area (Å²) in [6, 6.07) is 0. The molecule has 0 radical (unpaired) electrons. The normalized spacial score (nSPS) is 12.5. The fourth-order valence-corrected chi connectivity index (χ4v) is 7.95. The van der Waals surface area contributed by atoms with Crippen LogP contribution in [0.3, 0.4) is 0 Å². The second-order valence-corrected chi connectivity index (χ2v) is 17.6. The fourth-order valence-electron chi connectivity index (χ4n) is 7.95. The van der Waals surface area contributed by atoms with Crippen molar-refractivity contribution in [2.24, 2.45) is 0 Å². The van der Waals surface area contributed by atoms with E-state index < -0.39 is 36.4 Å². The third-order valence-corrected chi connectivity index (χ3v) is 11.8. The average Bonchev–Trinajstić information content (AvgIpc) is 3.18. The van der Waals surface area contributed by atoms with Gasteiger partial charge in [-0.3, -0.25) is 9.59 Å². The van der Waals surface area contributed by atoms with Crippen LogP contribution in [-0.4, -0.2) is 46.9 Å². The Hall–Kier alpha value is -1.63. The van der Waals surface area contributed by atoms with Gasteiger partial charge in [-0.1, -0.05) is 258 Å². The van der Waals surface area contributed by atoms with Crippen LogP contribution in [0.5, 0.6) is 0 Å². The number of aliphatic hydroxyl groups is 1. The molecule has 0 aliphatic heterocycles. The lowest BCUT2D eigenvalue weighted by molar-refractivity contribution is -0.176. The second-order valence-electron chi connectivity index (χ2n) is 17.6. The first-order chi connectivity index (χ1) is 27.9. The molecule has 0 bridgehead atoms. The highest BCUT2D eigenvalue weighted by atomic mass is 16.6. The molecule has 0 aliphatic rings. The number of carbonyl (C=O) groups excluding carboxylic acids is 2. The van der Waals surface area contributed by atoms with Crippen LogP contribution in [0, 0.1) is 0 Å². The lowest BCUT2D eigenvalue weighted by atomic mass is 9.95. The van der Waals surface area contributed by atoms with Crippen molar-refractivity contribution in [1.29, 1.82) is 0 Å². The Morgan fingerprint density at radius 1 is 0.351 bits per heavy atom. The molecule has 0 aromatic rings. The maximum atomic E-state index is 12.7. The minimum atomic E-state index is -2.41. The van der Waals surface area contributed by atoms with Crippen LogP contribution in [0.25, 0.3) is 0 Å². The Kier molecular flexibility index (Phi) is 42.7. The number of hydrogen-bond donors (Lipinski definition) is 2. The van der Waals surface area contributed by atoms with Crippen LogP contribution in [0.15, 0.2) is 0 Å². The van der Waals surface area contributed by atoms with Gasteiger partial charge >= 0.3 is 17.9 Å². The Morgan fingerprint density at radius 2 is 0.579 bits per heavy atom. The van der Waals surface area contributed by atoms with Crippen LogP contribution in [0.1, 0.15) is 284 Å².